The molecule has 1 atom stereocenters. The first-order chi connectivity index (χ1) is 8.19. The summed E-state index contributed by atoms with van der Waals surface area (Å²) in [5.74, 6) is 1.32. The Morgan fingerprint density at radius 1 is 1.47 bits per heavy atom. The molecule has 90 valence electrons. The summed E-state index contributed by atoms with van der Waals surface area (Å²) in [5, 5.41) is 7.13. The summed E-state index contributed by atoms with van der Waals surface area (Å²) in [6.45, 7) is 2.08. The lowest BCUT2D eigenvalue weighted by atomic mass is 10.2. The van der Waals surface area contributed by atoms with E-state index < -0.39 is 0 Å². The molecule has 0 spiro atoms. The molecule has 1 N–H and O–H groups in total. The first-order valence-corrected chi connectivity index (χ1v) is 6.52. The van der Waals surface area contributed by atoms with E-state index in [4.69, 9.17) is 4.52 Å². The third-order valence-corrected chi connectivity index (χ3v) is 3.19. The Morgan fingerprint density at radius 2 is 2.29 bits per heavy atom. The number of hydrogen-bond donors (Lipinski definition) is 1. The largest absolute Gasteiger partial charge is 0.334 e. The molecule has 0 bridgehead atoms. The number of nitrogens with zero attached hydrogens (tertiary/aromatic N) is 2. The Bertz CT molecular complexity index is 498. The topological polar surface area (TPSA) is 51.0 Å². The summed E-state index contributed by atoms with van der Waals surface area (Å²) >= 11 is 2.27. The Hall–Kier alpha value is -0.950. The number of benzene rings is 1. The van der Waals surface area contributed by atoms with E-state index in [1.165, 1.54) is 0 Å². The standard InChI is InChI=1S/C12H14IN3O/c1-8(14-2)6-11-15-12(17-16-11)9-4-3-5-10(13)7-9/h3-5,7-8,14H,6H2,1-2H3. The molecule has 17 heavy (non-hydrogen) atoms. The van der Waals surface area contributed by atoms with Crippen molar-refractivity contribution in [2.45, 2.75) is 19.4 Å². The van der Waals surface area contributed by atoms with E-state index in [1.54, 1.807) is 0 Å². The van der Waals surface area contributed by atoms with E-state index in [0.717, 1.165) is 21.4 Å². The van der Waals surface area contributed by atoms with Crippen molar-refractivity contribution >= 4 is 22.6 Å². The van der Waals surface area contributed by atoms with E-state index in [1.807, 2.05) is 31.3 Å². The van der Waals surface area contributed by atoms with Crippen LogP contribution in [0.15, 0.2) is 28.8 Å². The fourth-order valence-electron chi connectivity index (χ4n) is 1.45. The lowest BCUT2D eigenvalue weighted by Gasteiger charge is -2.04. The summed E-state index contributed by atoms with van der Waals surface area (Å²) in [6, 6.07) is 8.36. The number of hydrogen-bond acceptors (Lipinski definition) is 4. The van der Waals surface area contributed by atoms with E-state index in [-0.39, 0.29) is 0 Å². The molecule has 0 amide bonds. The lowest BCUT2D eigenvalue weighted by Crippen LogP contribution is -2.24. The fraction of sp³-hybridized carbons (Fsp3) is 0.333. The summed E-state index contributed by atoms with van der Waals surface area (Å²) in [5.41, 5.74) is 0.966. The van der Waals surface area contributed by atoms with Gasteiger partial charge in [0, 0.05) is 21.6 Å². The maximum absolute atomic E-state index is 5.26. The highest BCUT2D eigenvalue weighted by molar-refractivity contribution is 14.1. The average Bonchev–Trinajstić information content (AvgIpc) is 2.77. The summed E-state index contributed by atoms with van der Waals surface area (Å²) in [7, 11) is 1.92. The molecule has 0 aliphatic rings. The Labute approximate surface area is 114 Å². The molecule has 2 aromatic rings. The van der Waals surface area contributed by atoms with Gasteiger partial charge in [0.15, 0.2) is 5.82 Å². The minimum absolute atomic E-state index is 0.344. The van der Waals surface area contributed by atoms with Gasteiger partial charge in [-0.3, -0.25) is 0 Å². The molecule has 0 aliphatic carbocycles. The first kappa shape index (κ1) is 12.5. The minimum atomic E-state index is 0.344. The average molecular weight is 343 g/mol. The number of rotatable bonds is 4. The number of likely N-dealkylation sites (N-methyl/N-ethyl adjacent to an activating group) is 1. The van der Waals surface area contributed by atoms with Gasteiger partial charge in [-0.05, 0) is 54.8 Å². The van der Waals surface area contributed by atoms with Gasteiger partial charge in [0.25, 0.3) is 5.89 Å². The molecule has 0 aliphatic heterocycles. The SMILES string of the molecule is CNC(C)Cc1noc(-c2cccc(I)c2)n1. The number of aromatic nitrogens is 2. The zero-order valence-corrected chi connectivity index (χ0v) is 11.9. The molecule has 0 saturated carbocycles. The second-order valence-electron chi connectivity index (χ2n) is 3.92. The van der Waals surface area contributed by atoms with Crippen molar-refractivity contribution in [2.24, 2.45) is 0 Å². The number of nitrogens with one attached hydrogen (secondary N) is 1. The van der Waals surface area contributed by atoms with E-state index in [9.17, 15) is 0 Å². The summed E-state index contributed by atoms with van der Waals surface area (Å²) in [6.07, 6.45) is 0.768. The maximum Gasteiger partial charge on any atom is 0.257 e. The Kier molecular flexibility index (Phi) is 4.11. The molecular weight excluding hydrogens is 329 g/mol. The highest BCUT2D eigenvalue weighted by atomic mass is 127. The quantitative estimate of drug-likeness (QED) is 0.867. The van der Waals surface area contributed by atoms with Crippen molar-refractivity contribution in [1.82, 2.24) is 15.5 Å². The normalized spacial score (nSPS) is 12.6. The van der Waals surface area contributed by atoms with Gasteiger partial charge in [0.1, 0.15) is 0 Å². The zero-order chi connectivity index (χ0) is 12.3. The van der Waals surface area contributed by atoms with E-state index in [0.29, 0.717) is 11.9 Å². The number of halogens is 1. The van der Waals surface area contributed by atoms with Crippen molar-refractivity contribution in [2.75, 3.05) is 7.05 Å². The minimum Gasteiger partial charge on any atom is -0.334 e. The monoisotopic (exact) mass is 343 g/mol. The van der Waals surface area contributed by atoms with Gasteiger partial charge in [-0.1, -0.05) is 11.2 Å². The fourth-order valence-corrected chi connectivity index (χ4v) is 1.99. The zero-order valence-electron chi connectivity index (χ0n) is 9.77. The van der Waals surface area contributed by atoms with Crippen LogP contribution in [0.2, 0.25) is 0 Å². The Balaban J connectivity index is 2.18. The van der Waals surface area contributed by atoms with Crippen LogP contribution in [-0.2, 0) is 6.42 Å². The van der Waals surface area contributed by atoms with Crippen LogP contribution in [0.1, 0.15) is 12.7 Å². The van der Waals surface area contributed by atoms with Crippen molar-refractivity contribution in [3.8, 4) is 11.5 Å². The van der Waals surface area contributed by atoms with Crippen molar-refractivity contribution < 1.29 is 4.52 Å². The summed E-state index contributed by atoms with van der Waals surface area (Å²) < 4.78 is 6.41. The predicted octanol–water partition coefficient (Wildman–Crippen LogP) is 2.49. The molecule has 2 rings (SSSR count). The molecule has 4 nitrogen and oxygen atoms in total. The van der Waals surface area contributed by atoms with Crippen LogP contribution in [0, 0.1) is 3.57 Å². The van der Waals surface area contributed by atoms with Crippen LogP contribution < -0.4 is 5.32 Å². The first-order valence-electron chi connectivity index (χ1n) is 5.45. The third kappa shape index (κ3) is 3.26. The molecule has 1 unspecified atom stereocenters. The summed E-state index contributed by atoms with van der Waals surface area (Å²) in [4.78, 5) is 4.39. The highest BCUT2D eigenvalue weighted by Gasteiger charge is 2.10. The van der Waals surface area contributed by atoms with Gasteiger partial charge in [0.05, 0.1) is 0 Å². The second kappa shape index (κ2) is 5.59. The predicted molar refractivity (Wildman–Crippen MR) is 74.7 cm³/mol. The van der Waals surface area contributed by atoms with Crippen LogP contribution in [0.25, 0.3) is 11.5 Å². The van der Waals surface area contributed by atoms with E-state index >= 15 is 0 Å². The Morgan fingerprint density at radius 3 is 3.00 bits per heavy atom. The van der Waals surface area contributed by atoms with Gasteiger partial charge in [-0.15, -0.1) is 0 Å². The molecular formula is C12H14IN3O. The molecule has 0 radical (unpaired) electrons. The van der Waals surface area contributed by atoms with Crippen LogP contribution in [0.4, 0.5) is 0 Å². The van der Waals surface area contributed by atoms with Gasteiger partial charge in [-0.25, -0.2) is 0 Å². The van der Waals surface area contributed by atoms with Crippen LogP contribution in [0.3, 0.4) is 0 Å². The van der Waals surface area contributed by atoms with Crippen LogP contribution in [-0.4, -0.2) is 23.2 Å². The van der Waals surface area contributed by atoms with Crippen LogP contribution >= 0.6 is 22.6 Å². The molecule has 1 aromatic carbocycles. The van der Waals surface area contributed by atoms with Gasteiger partial charge < -0.3 is 9.84 Å². The van der Waals surface area contributed by atoms with Crippen LogP contribution in [0.5, 0.6) is 0 Å². The lowest BCUT2D eigenvalue weighted by molar-refractivity contribution is 0.418. The van der Waals surface area contributed by atoms with Crippen molar-refractivity contribution in [3.05, 3.63) is 33.7 Å². The molecule has 0 fully saturated rings. The molecule has 1 heterocycles. The van der Waals surface area contributed by atoms with Crippen molar-refractivity contribution in [3.63, 3.8) is 0 Å². The van der Waals surface area contributed by atoms with Gasteiger partial charge in [-0.2, -0.15) is 4.98 Å². The van der Waals surface area contributed by atoms with E-state index in [2.05, 4.69) is 45.0 Å². The highest BCUT2D eigenvalue weighted by Crippen LogP contribution is 2.19. The smallest absolute Gasteiger partial charge is 0.257 e. The van der Waals surface area contributed by atoms with Crippen molar-refractivity contribution in [1.29, 1.82) is 0 Å². The van der Waals surface area contributed by atoms with Gasteiger partial charge in [0.2, 0.25) is 0 Å². The molecule has 5 heteroatoms. The molecule has 0 saturated heterocycles. The maximum atomic E-state index is 5.26. The van der Waals surface area contributed by atoms with Gasteiger partial charge >= 0.3 is 0 Å². The second-order valence-corrected chi connectivity index (χ2v) is 5.17. The molecule has 1 aromatic heterocycles. The third-order valence-electron chi connectivity index (χ3n) is 2.52.